The van der Waals surface area contributed by atoms with Gasteiger partial charge in [-0.2, -0.15) is 0 Å². The molecule has 1 aromatic heterocycles. The number of benzene rings is 3. The molecule has 34 heavy (non-hydrogen) atoms. The Bertz CT molecular complexity index is 1310. The highest BCUT2D eigenvalue weighted by molar-refractivity contribution is 7.23. The van der Waals surface area contributed by atoms with Crippen LogP contribution in [0.5, 0.6) is 5.75 Å². The number of amides is 1. The first-order valence-electron chi connectivity index (χ1n) is 11.5. The van der Waals surface area contributed by atoms with Gasteiger partial charge in [-0.25, -0.2) is 4.98 Å². The van der Waals surface area contributed by atoms with Crippen molar-refractivity contribution in [2.24, 2.45) is 0 Å². The number of ether oxygens (including phenoxy) is 1. The van der Waals surface area contributed by atoms with Crippen molar-refractivity contribution in [3.8, 4) is 16.9 Å². The fourth-order valence-electron chi connectivity index (χ4n) is 4.41. The topological polar surface area (TPSA) is 66.5 Å². The minimum absolute atomic E-state index is 0.152. The van der Waals surface area contributed by atoms with Crippen LogP contribution in [0.4, 0.5) is 10.8 Å². The molecule has 174 valence electrons. The molecule has 6 nitrogen and oxygen atoms in total. The van der Waals surface area contributed by atoms with E-state index in [-0.39, 0.29) is 5.91 Å². The van der Waals surface area contributed by atoms with Gasteiger partial charge in [-0.05, 0) is 61.3 Å². The Labute approximate surface area is 203 Å². The number of aryl methyl sites for hydroxylation is 1. The second-order valence-electron chi connectivity index (χ2n) is 8.42. The molecule has 0 aliphatic carbocycles. The summed E-state index contributed by atoms with van der Waals surface area (Å²) in [6.45, 7) is 6.02. The molecule has 0 spiro atoms. The van der Waals surface area contributed by atoms with Gasteiger partial charge in [0, 0.05) is 36.4 Å². The van der Waals surface area contributed by atoms with E-state index in [4.69, 9.17) is 9.72 Å². The number of nitrogens with one attached hydrogen (secondary N) is 2. The Morgan fingerprint density at radius 1 is 1.09 bits per heavy atom. The number of carbonyl (C=O) groups excluding carboxylic acids is 1. The number of carbonyl (C=O) groups is 1. The van der Waals surface area contributed by atoms with Crippen molar-refractivity contribution in [3.63, 3.8) is 0 Å². The summed E-state index contributed by atoms with van der Waals surface area (Å²) in [4.78, 5) is 20.3. The van der Waals surface area contributed by atoms with Gasteiger partial charge in [-0.1, -0.05) is 41.7 Å². The summed E-state index contributed by atoms with van der Waals surface area (Å²) < 4.78 is 6.53. The average Bonchev–Trinajstić information content (AvgIpc) is 3.08. The molecule has 2 N–H and O–H groups in total. The first-order chi connectivity index (χ1) is 16.6. The van der Waals surface area contributed by atoms with E-state index in [0.717, 1.165) is 65.2 Å². The van der Waals surface area contributed by atoms with Crippen LogP contribution < -0.4 is 20.3 Å². The zero-order valence-corrected chi connectivity index (χ0v) is 20.2. The van der Waals surface area contributed by atoms with Crippen LogP contribution in [-0.4, -0.2) is 44.2 Å². The van der Waals surface area contributed by atoms with Gasteiger partial charge < -0.3 is 15.0 Å². The van der Waals surface area contributed by atoms with E-state index in [9.17, 15) is 4.79 Å². The summed E-state index contributed by atoms with van der Waals surface area (Å²) in [5.41, 5.74) is 5.71. The molecule has 1 fully saturated rings. The van der Waals surface area contributed by atoms with Crippen molar-refractivity contribution in [3.05, 3.63) is 71.8 Å². The number of rotatable bonds is 5. The van der Waals surface area contributed by atoms with Crippen LogP contribution in [0.15, 0.2) is 60.7 Å². The smallest absolute Gasteiger partial charge is 0.257 e. The van der Waals surface area contributed by atoms with Crippen LogP contribution in [-0.2, 0) is 0 Å². The van der Waals surface area contributed by atoms with Crippen LogP contribution >= 0.6 is 11.3 Å². The van der Waals surface area contributed by atoms with Crippen molar-refractivity contribution in [2.45, 2.75) is 13.3 Å². The molecule has 3 aromatic carbocycles. The molecule has 0 bridgehead atoms. The van der Waals surface area contributed by atoms with Gasteiger partial charge in [0.25, 0.3) is 5.91 Å². The molecular formula is C27H28N4O2S. The third-order valence-corrected chi connectivity index (χ3v) is 7.20. The molecule has 1 saturated heterocycles. The van der Waals surface area contributed by atoms with Gasteiger partial charge in [-0.15, -0.1) is 0 Å². The van der Waals surface area contributed by atoms with Crippen LogP contribution in [0.3, 0.4) is 0 Å². The predicted octanol–water partition coefficient (Wildman–Crippen LogP) is 5.33. The van der Waals surface area contributed by atoms with E-state index in [1.54, 1.807) is 7.11 Å². The van der Waals surface area contributed by atoms with E-state index < -0.39 is 0 Å². The summed E-state index contributed by atoms with van der Waals surface area (Å²) in [5.74, 6) is 0.541. The fraction of sp³-hybridized carbons (Fsp3) is 0.259. The summed E-state index contributed by atoms with van der Waals surface area (Å²) in [6, 6.07) is 20.2. The Hall–Kier alpha value is -3.42. The SMILES string of the molecule is COc1ccc(-c2ccccc2)c2sc(NC(=O)c3ccc(N4CCCNCC4)cc3C)nc12. The van der Waals surface area contributed by atoms with Crippen molar-refractivity contribution in [1.29, 1.82) is 0 Å². The molecule has 1 aliphatic rings. The molecule has 2 heterocycles. The van der Waals surface area contributed by atoms with Gasteiger partial charge in [-0.3, -0.25) is 10.1 Å². The summed E-state index contributed by atoms with van der Waals surface area (Å²) in [7, 11) is 1.64. The molecule has 5 rings (SSSR count). The highest BCUT2D eigenvalue weighted by atomic mass is 32.1. The quantitative estimate of drug-likeness (QED) is 0.411. The lowest BCUT2D eigenvalue weighted by Crippen LogP contribution is -2.28. The zero-order chi connectivity index (χ0) is 23.5. The van der Waals surface area contributed by atoms with Crippen molar-refractivity contribution in [2.75, 3.05) is 43.5 Å². The fourth-order valence-corrected chi connectivity index (χ4v) is 5.43. The van der Waals surface area contributed by atoms with Crippen LogP contribution in [0.2, 0.25) is 0 Å². The third kappa shape index (κ3) is 4.49. The summed E-state index contributed by atoms with van der Waals surface area (Å²) in [5, 5.41) is 7.01. The molecular weight excluding hydrogens is 444 g/mol. The number of methoxy groups -OCH3 is 1. The Kier molecular flexibility index (Phi) is 6.47. The van der Waals surface area contributed by atoms with E-state index in [2.05, 4.69) is 33.7 Å². The van der Waals surface area contributed by atoms with Gasteiger partial charge >= 0.3 is 0 Å². The maximum atomic E-state index is 13.2. The minimum atomic E-state index is -0.152. The third-order valence-electron chi connectivity index (χ3n) is 6.19. The van der Waals surface area contributed by atoms with Crippen molar-refractivity contribution in [1.82, 2.24) is 10.3 Å². The molecule has 4 aromatic rings. The summed E-state index contributed by atoms with van der Waals surface area (Å²) >= 11 is 1.47. The lowest BCUT2D eigenvalue weighted by Gasteiger charge is -2.23. The van der Waals surface area contributed by atoms with Gasteiger partial charge in [0.2, 0.25) is 0 Å². The predicted molar refractivity (Wildman–Crippen MR) is 140 cm³/mol. The van der Waals surface area contributed by atoms with Crippen LogP contribution in [0.25, 0.3) is 21.3 Å². The second kappa shape index (κ2) is 9.83. The minimum Gasteiger partial charge on any atom is -0.494 e. The summed E-state index contributed by atoms with van der Waals surface area (Å²) in [6.07, 6.45) is 1.12. The van der Waals surface area contributed by atoms with E-state index in [1.165, 1.54) is 11.3 Å². The molecule has 1 amide bonds. The monoisotopic (exact) mass is 472 g/mol. The van der Waals surface area contributed by atoms with Crippen molar-refractivity contribution >= 4 is 38.3 Å². The Balaban J connectivity index is 1.42. The Morgan fingerprint density at radius 2 is 1.94 bits per heavy atom. The molecule has 0 unspecified atom stereocenters. The molecule has 1 aliphatic heterocycles. The highest BCUT2D eigenvalue weighted by Crippen LogP contribution is 2.39. The molecule has 0 atom stereocenters. The lowest BCUT2D eigenvalue weighted by atomic mass is 10.1. The lowest BCUT2D eigenvalue weighted by molar-refractivity contribution is 0.102. The average molecular weight is 473 g/mol. The molecule has 0 radical (unpaired) electrons. The van der Waals surface area contributed by atoms with E-state index >= 15 is 0 Å². The maximum absolute atomic E-state index is 13.2. The zero-order valence-electron chi connectivity index (χ0n) is 19.4. The van der Waals surface area contributed by atoms with Crippen molar-refractivity contribution < 1.29 is 9.53 Å². The largest absolute Gasteiger partial charge is 0.494 e. The van der Waals surface area contributed by atoms with Gasteiger partial charge in [0.15, 0.2) is 5.13 Å². The first kappa shape index (κ1) is 22.4. The van der Waals surface area contributed by atoms with E-state index in [1.807, 2.05) is 49.4 Å². The number of hydrogen-bond donors (Lipinski definition) is 2. The number of fused-ring (bicyclic) bond motifs is 1. The maximum Gasteiger partial charge on any atom is 0.257 e. The Morgan fingerprint density at radius 3 is 2.74 bits per heavy atom. The number of hydrogen-bond acceptors (Lipinski definition) is 6. The molecule has 7 heteroatoms. The van der Waals surface area contributed by atoms with Gasteiger partial charge in [0.1, 0.15) is 11.3 Å². The molecule has 0 saturated carbocycles. The highest BCUT2D eigenvalue weighted by Gasteiger charge is 2.18. The van der Waals surface area contributed by atoms with Gasteiger partial charge in [0.05, 0.1) is 11.8 Å². The number of thiazole rings is 1. The number of nitrogens with zero attached hydrogens (tertiary/aromatic N) is 2. The van der Waals surface area contributed by atoms with Crippen LogP contribution in [0.1, 0.15) is 22.3 Å². The number of anilines is 2. The second-order valence-corrected chi connectivity index (χ2v) is 9.42. The van der Waals surface area contributed by atoms with Crippen LogP contribution in [0, 0.1) is 6.92 Å². The first-order valence-corrected chi connectivity index (χ1v) is 12.4. The normalized spacial score (nSPS) is 14.1. The standard InChI is InChI=1S/C27H28N4O2S/c1-18-17-20(31-15-6-13-28-14-16-31)9-10-21(18)26(32)30-27-29-24-23(33-2)12-11-22(25(24)34-27)19-7-4-3-5-8-19/h3-5,7-12,17,28H,6,13-16H2,1-2H3,(H,29,30,32). The van der Waals surface area contributed by atoms with E-state index in [0.29, 0.717) is 16.4 Å². The number of aromatic nitrogens is 1.